The zero-order valence-corrected chi connectivity index (χ0v) is 25.5. The summed E-state index contributed by atoms with van der Waals surface area (Å²) >= 11 is 0. The van der Waals surface area contributed by atoms with Crippen LogP contribution in [0.5, 0.6) is 0 Å². The largest absolute Gasteiger partial charge is 0.373 e. The lowest BCUT2D eigenvalue weighted by Crippen LogP contribution is -2.53. The maximum absolute atomic E-state index is 13.5. The highest BCUT2D eigenvalue weighted by Gasteiger charge is 2.68. The molecule has 8 heteroatoms. The van der Waals surface area contributed by atoms with E-state index < -0.39 is 0 Å². The predicted octanol–water partition coefficient (Wildman–Crippen LogP) is 3.43. The molecule has 4 N–H and O–H groups in total. The molecule has 6 atom stereocenters. The van der Waals surface area contributed by atoms with Crippen LogP contribution in [0.3, 0.4) is 0 Å². The molecule has 1 heterocycles. The van der Waals surface area contributed by atoms with E-state index in [1.54, 1.807) is 6.92 Å². The summed E-state index contributed by atoms with van der Waals surface area (Å²) in [6.45, 7) is 24.8. The molecule has 1 saturated carbocycles. The second kappa shape index (κ2) is 13.3. The highest BCUT2D eigenvalue weighted by Crippen LogP contribution is 2.65. The maximum Gasteiger partial charge on any atom is 0.234 e. The van der Waals surface area contributed by atoms with Gasteiger partial charge < -0.3 is 26.2 Å². The minimum Gasteiger partial charge on any atom is -0.373 e. The lowest BCUT2D eigenvalue weighted by molar-refractivity contribution is -0.139. The quantitative estimate of drug-likeness (QED) is 0.242. The van der Waals surface area contributed by atoms with Crippen molar-refractivity contribution in [2.45, 2.75) is 106 Å². The van der Waals surface area contributed by atoms with E-state index >= 15 is 0 Å². The van der Waals surface area contributed by atoms with Crippen LogP contribution in [0, 0.1) is 28.6 Å². The molecule has 2 rings (SSSR count). The normalized spacial score (nSPS) is 24.1. The van der Waals surface area contributed by atoms with Gasteiger partial charge in [0.05, 0.1) is 24.4 Å². The van der Waals surface area contributed by atoms with Crippen LogP contribution in [-0.2, 0) is 14.4 Å². The van der Waals surface area contributed by atoms with Crippen molar-refractivity contribution in [1.82, 2.24) is 26.2 Å². The van der Waals surface area contributed by atoms with E-state index in [9.17, 15) is 14.4 Å². The fraction of sp³-hybridized carbons (Fsp3) is 0.833. The Morgan fingerprint density at radius 3 is 2.29 bits per heavy atom. The van der Waals surface area contributed by atoms with Gasteiger partial charge in [0.15, 0.2) is 5.78 Å². The van der Waals surface area contributed by atoms with Gasteiger partial charge in [0.2, 0.25) is 11.8 Å². The molecule has 6 unspecified atom stereocenters. The number of hydrogen-bond acceptors (Lipinski definition) is 6. The number of nitrogens with zero attached hydrogens (tertiary/aromatic N) is 1. The van der Waals surface area contributed by atoms with Crippen LogP contribution in [0.15, 0.2) is 12.4 Å². The van der Waals surface area contributed by atoms with Crippen LogP contribution in [-0.4, -0.2) is 66.8 Å². The number of fused-ring (bicyclic) bond motifs is 1. The average molecular weight is 534 g/mol. The Hall–Kier alpha value is -2.09. The van der Waals surface area contributed by atoms with Gasteiger partial charge in [-0.3, -0.25) is 14.4 Å². The summed E-state index contributed by atoms with van der Waals surface area (Å²) in [5.41, 5.74) is -0.0147. The summed E-state index contributed by atoms with van der Waals surface area (Å²) < 4.78 is 0. The van der Waals surface area contributed by atoms with Crippen LogP contribution in [0.1, 0.15) is 88.0 Å². The molecule has 8 nitrogen and oxygen atoms in total. The van der Waals surface area contributed by atoms with E-state index in [0.29, 0.717) is 25.4 Å². The van der Waals surface area contributed by atoms with E-state index in [-0.39, 0.29) is 64.9 Å². The molecule has 1 saturated heterocycles. The number of likely N-dealkylation sites (tertiary alicyclic amines) is 1. The zero-order valence-electron chi connectivity index (χ0n) is 25.5. The van der Waals surface area contributed by atoms with Gasteiger partial charge in [0.25, 0.3) is 0 Å². The summed E-state index contributed by atoms with van der Waals surface area (Å²) in [6, 6.07) is -0.522. The topological polar surface area (TPSA) is 103 Å². The van der Waals surface area contributed by atoms with E-state index in [2.05, 4.69) is 76.3 Å². The number of amides is 2. The van der Waals surface area contributed by atoms with Gasteiger partial charge in [0.1, 0.15) is 0 Å². The van der Waals surface area contributed by atoms with Gasteiger partial charge in [-0.1, -0.05) is 67.9 Å². The molecule has 1 aliphatic heterocycles. The van der Waals surface area contributed by atoms with Gasteiger partial charge in [-0.25, -0.2) is 0 Å². The average Bonchev–Trinajstić information content (AvgIpc) is 3.16. The number of ketones is 1. The first kappa shape index (κ1) is 32.1. The van der Waals surface area contributed by atoms with Crippen molar-refractivity contribution in [2.24, 2.45) is 28.6 Å². The van der Waals surface area contributed by atoms with Crippen molar-refractivity contribution in [2.75, 3.05) is 26.2 Å². The third-order valence-electron chi connectivity index (χ3n) is 8.91. The first-order valence-corrected chi connectivity index (χ1v) is 14.7. The Morgan fingerprint density at radius 2 is 1.76 bits per heavy atom. The van der Waals surface area contributed by atoms with Gasteiger partial charge in [-0.15, -0.1) is 0 Å². The molecule has 0 aromatic heterocycles. The number of nitrogens with one attached hydrogen (secondary N) is 4. The third-order valence-corrected chi connectivity index (χ3v) is 8.91. The molecular weight excluding hydrogens is 478 g/mol. The monoisotopic (exact) mass is 533 g/mol. The Bertz CT molecular complexity index is 849. The van der Waals surface area contributed by atoms with Crippen LogP contribution in [0.2, 0.25) is 0 Å². The minimum absolute atomic E-state index is 0.0272. The van der Waals surface area contributed by atoms with E-state index in [0.717, 1.165) is 31.6 Å². The molecule has 218 valence electrons. The third kappa shape index (κ3) is 7.96. The van der Waals surface area contributed by atoms with Crippen molar-refractivity contribution in [3.63, 3.8) is 0 Å². The van der Waals surface area contributed by atoms with Crippen LogP contribution < -0.4 is 21.3 Å². The summed E-state index contributed by atoms with van der Waals surface area (Å²) in [6.07, 6.45) is 3.24. The second-order valence-electron chi connectivity index (χ2n) is 13.1. The zero-order chi connectivity index (χ0) is 28.8. The Kier molecular flexibility index (Phi) is 11.3. The van der Waals surface area contributed by atoms with Gasteiger partial charge in [-0.05, 0) is 48.9 Å². The van der Waals surface area contributed by atoms with E-state index in [1.807, 2.05) is 11.8 Å². The number of rotatable bonds is 16. The summed E-state index contributed by atoms with van der Waals surface area (Å²) in [5.74, 6) is 1.72. The first-order valence-electron chi connectivity index (χ1n) is 14.7. The van der Waals surface area contributed by atoms with E-state index in [4.69, 9.17) is 0 Å². The van der Waals surface area contributed by atoms with Crippen molar-refractivity contribution in [3.8, 4) is 0 Å². The molecule has 0 spiro atoms. The van der Waals surface area contributed by atoms with Crippen molar-refractivity contribution in [1.29, 1.82) is 0 Å². The Balaban J connectivity index is 2.04. The predicted molar refractivity (Wildman–Crippen MR) is 154 cm³/mol. The first-order chi connectivity index (χ1) is 17.7. The number of carbonyl (C=O) groups is 3. The lowest BCUT2D eigenvalue weighted by atomic mass is 9.86. The van der Waals surface area contributed by atoms with E-state index in [1.165, 1.54) is 0 Å². The molecular formula is C30H55N5O3. The summed E-state index contributed by atoms with van der Waals surface area (Å²) in [7, 11) is 0. The summed E-state index contributed by atoms with van der Waals surface area (Å²) in [4.78, 5) is 41.0. The van der Waals surface area contributed by atoms with Crippen molar-refractivity contribution in [3.05, 3.63) is 12.4 Å². The van der Waals surface area contributed by atoms with Crippen molar-refractivity contribution >= 4 is 17.6 Å². The lowest BCUT2D eigenvalue weighted by Gasteiger charge is -2.34. The molecule has 0 aromatic carbocycles. The molecule has 2 aliphatic rings. The minimum atomic E-state index is -0.310. The van der Waals surface area contributed by atoms with Gasteiger partial charge in [0, 0.05) is 32.1 Å². The highest BCUT2D eigenvalue weighted by molar-refractivity contribution is 5.89. The Morgan fingerprint density at radius 1 is 1.11 bits per heavy atom. The van der Waals surface area contributed by atoms with Gasteiger partial charge in [-0.2, -0.15) is 0 Å². The molecule has 0 aromatic rings. The standard InChI is InChI=1S/C30H55N5O3/c1-11-14-21(12-2)23(15-26(38)35-18-22-27(30(22,9)10)28(35)19(4)36)33-17-25(37)34-24(29(6,7)8)16-32-20(5)31-13-3/h21-24,27-28,31-33H,5,11-18H2,1-4,6-10H3,(H,34,37). The molecule has 0 radical (unpaired) electrons. The Labute approximate surface area is 231 Å². The van der Waals surface area contributed by atoms with Crippen LogP contribution >= 0.6 is 0 Å². The molecule has 1 aliphatic carbocycles. The van der Waals surface area contributed by atoms with Gasteiger partial charge >= 0.3 is 0 Å². The molecule has 2 amide bonds. The number of hydrogen-bond donors (Lipinski definition) is 4. The number of piperidine rings is 1. The molecule has 2 fully saturated rings. The van der Waals surface area contributed by atoms with Crippen LogP contribution in [0.4, 0.5) is 0 Å². The SMILES string of the molecule is C=C(NCC)NCC(NC(=O)CNC(CC(=O)N1CC2C(C1C(C)=O)C2(C)C)C(CC)CCC)C(C)(C)C. The molecule has 0 bridgehead atoms. The van der Waals surface area contributed by atoms with Crippen LogP contribution in [0.25, 0.3) is 0 Å². The second-order valence-corrected chi connectivity index (χ2v) is 13.1. The smallest absolute Gasteiger partial charge is 0.234 e. The summed E-state index contributed by atoms with van der Waals surface area (Å²) in [5, 5.41) is 13.0. The molecule has 38 heavy (non-hydrogen) atoms. The van der Waals surface area contributed by atoms with Crippen molar-refractivity contribution < 1.29 is 14.4 Å². The fourth-order valence-electron chi connectivity index (χ4n) is 6.33. The number of Topliss-reactive ketones (excluding diaryl/α,β-unsaturated/α-hetero) is 1. The highest BCUT2D eigenvalue weighted by atomic mass is 16.2. The number of carbonyl (C=O) groups excluding carboxylic acids is 3. The fourth-order valence-corrected chi connectivity index (χ4v) is 6.33. The maximum atomic E-state index is 13.5.